The van der Waals surface area contributed by atoms with Crippen LogP contribution in [0.3, 0.4) is 0 Å². The first kappa shape index (κ1) is 13.7. The Kier molecular flexibility index (Phi) is 3.45. The molecule has 0 saturated carbocycles. The molecule has 0 atom stereocenters. The average molecular weight is 291 g/mol. The quantitative estimate of drug-likeness (QED) is 0.840. The van der Waals surface area contributed by atoms with Crippen molar-refractivity contribution in [3.8, 4) is 11.4 Å². The molecule has 0 bridgehead atoms. The Hall–Kier alpha value is -1.69. The highest BCUT2D eigenvalue weighted by Gasteiger charge is 2.34. The van der Waals surface area contributed by atoms with Crippen LogP contribution in [-0.2, 0) is 6.18 Å². The number of rotatable bonds is 2. The molecule has 1 aromatic heterocycles. The summed E-state index contributed by atoms with van der Waals surface area (Å²) in [6.07, 6.45) is -4.48. The lowest BCUT2D eigenvalue weighted by Gasteiger charge is -2.10. The Morgan fingerprint density at radius 3 is 2.47 bits per heavy atom. The van der Waals surface area contributed by atoms with Crippen molar-refractivity contribution in [2.75, 3.05) is 7.11 Å². The van der Waals surface area contributed by atoms with E-state index in [1.54, 1.807) is 12.1 Å². The summed E-state index contributed by atoms with van der Waals surface area (Å²) in [5.41, 5.74) is -0.247. The van der Waals surface area contributed by atoms with Crippen LogP contribution >= 0.6 is 11.6 Å². The van der Waals surface area contributed by atoms with Gasteiger partial charge in [-0.25, -0.2) is 4.68 Å². The van der Waals surface area contributed by atoms with Crippen molar-refractivity contribution >= 4 is 11.6 Å². The molecular formula is C12H10ClF3N2O. The van der Waals surface area contributed by atoms with E-state index in [9.17, 15) is 13.2 Å². The van der Waals surface area contributed by atoms with Crippen molar-refractivity contribution in [1.82, 2.24) is 9.78 Å². The minimum Gasteiger partial charge on any atom is -0.494 e. The molecule has 2 rings (SSSR count). The van der Waals surface area contributed by atoms with E-state index in [0.29, 0.717) is 22.2 Å². The summed E-state index contributed by atoms with van der Waals surface area (Å²) in [6.45, 7) is 1.53. The molecule has 7 heteroatoms. The zero-order valence-corrected chi connectivity index (χ0v) is 10.9. The zero-order chi connectivity index (χ0) is 14.2. The van der Waals surface area contributed by atoms with Gasteiger partial charge in [0.15, 0.2) is 5.69 Å². The first-order valence-electron chi connectivity index (χ1n) is 5.30. The maximum absolute atomic E-state index is 12.6. The highest BCUT2D eigenvalue weighted by atomic mass is 35.5. The van der Waals surface area contributed by atoms with Crippen LogP contribution in [0.4, 0.5) is 13.2 Å². The van der Waals surface area contributed by atoms with Crippen molar-refractivity contribution in [1.29, 1.82) is 0 Å². The number of hydrogen-bond acceptors (Lipinski definition) is 2. The van der Waals surface area contributed by atoms with E-state index < -0.39 is 11.9 Å². The van der Waals surface area contributed by atoms with Gasteiger partial charge in [0.25, 0.3) is 0 Å². The van der Waals surface area contributed by atoms with Crippen LogP contribution in [0.25, 0.3) is 5.69 Å². The monoisotopic (exact) mass is 290 g/mol. The summed E-state index contributed by atoms with van der Waals surface area (Å²) in [5.74, 6) is 0.393. The van der Waals surface area contributed by atoms with Crippen molar-refractivity contribution in [3.05, 3.63) is 40.7 Å². The summed E-state index contributed by atoms with van der Waals surface area (Å²) >= 11 is 5.85. The molecule has 1 heterocycles. The molecule has 0 aliphatic rings. The Morgan fingerprint density at radius 1 is 1.26 bits per heavy atom. The van der Waals surface area contributed by atoms with Crippen LogP contribution < -0.4 is 4.74 Å². The fourth-order valence-corrected chi connectivity index (χ4v) is 1.85. The predicted octanol–water partition coefficient (Wildman–Crippen LogP) is 3.86. The third kappa shape index (κ3) is 2.68. The van der Waals surface area contributed by atoms with Gasteiger partial charge in [-0.15, -0.1) is 0 Å². The van der Waals surface area contributed by atoms with E-state index >= 15 is 0 Å². The topological polar surface area (TPSA) is 27.1 Å². The number of alkyl halides is 3. The first-order chi connectivity index (χ1) is 8.82. The van der Waals surface area contributed by atoms with Crippen molar-refractivity contribution in [2.45, 2.75) is 13.1 Å². The van der Waals surface area contributed by atoms with E-state index in [2.05, 4.69) is 5.10 Å². The number of nitrogens with zero attached hydrogens (tertiary/aromatic N) is 2. The molecule has 0 spiro atoms. The second-order valence-electron chi connectivity index (χ2n) is 3.90. The second kappa shape index (κ2) is 4.77. The number of hydrogen-bond donors (Lipinski definition) is 0. The molecule has 102 valence electrons. The normalized spacial score (nSPS) is 11.7. The number of halogens is 4. The minimum absolute atomic E-state index is 0.341. The average Bonchev–Trinajstić information content (AvgIpc) is 2.71. The molecule has 0 fully saturated rings. The summed E-state index contributed by atoms with van der Waals surface area (Å²) < 4.78 is 44.1. The number of aromatic nitrogens is 2. The van der Waals surface area contributed by atoms with E-state index in [4.69, 9.17) is 16.3 Å². The van der Waals surface area contributed by atoms with Gasteiger partial charge in [-0.2, -0.15) is 18.3 Å². The Labute approximate surface area is 112 Å². The largest absolute Gasteiger partial charge is 0.494 e. The molecule has 1 aromatic carbocycles. The molecule has 0 amide bonds. The number of methoxy groups -OCH3 is 1. The van der Waals surface area contributed by atoms with E-state index in [1.165, 1.54) is 20.1 Å². The van der Waals surface area contributed by atoms with Gasteiger partial charge in [-0.3, -0.25) is 0 Å². The Morgan fingerprint density at radius 2 is 1.95 bits per heavy atom. The lowest BCUT2D eigenvalue weighted by Crippen LogP contribution is -2.08. The molecule has 0 unspecified atom stereocenters. The SMILES string of the molecule is COc1ccc(Cl)cc1-n1nc(C(F)(F)F)cc1C. The van der Waals surface area contributed by atoms with Gasteiger partial charge in [-0.1, -0.05) is 11.6 Å². The number of aryl methyl sites for hydroxylation is 1. The van der Waals surface area contributed by atoms with Crippen LogP contribution in [0.15, 0.2) is 24.3 Å². The third-order valence-electron chi connectivity index (χ3n) is 2.55. The van der Waals surface area contributed by atoms with Gasteiger partial charge >= 0.3 is 6.18 Å². The van der Waals surface area contributed by atoms with Crippen molar-refractivity contribution in [3.63, 3.8) is 0 Å². The number of benzene rings is 1. The highest BCUT2D eigenvalue weighted by Crippen LogP contribution is 2.32. The smallest absolute Gasteiger partial charge is 0.435 e. The lowest BCUT2D eigenvalue weighted by atomic mass is 10.3. The highest BCUT2D eigenvalue weighted by molar-refractivity contribution is 6.30. The Balaban J connectivity index is 2.59. The van der Waals surface area contributed by atoms with Crippen LogP contribution in [0.1, 0.15) is 11.4 Å². The minimum atomic E-state index is -4.48. The Bertz CT molecular complexity index is 608. The van der Waals surface area contributed by atoms with E-state index in [0.717, 1.165) is 10.7 Å². The predicted molar refractivity (Wildman–Crippen MR) is 64.9 cm³/mol. The van der Waals surface area contributed by atoms with Gasteiger partial charge in [0.05, 0.1) is 7.11 Å². The molecule has 0 N–H and O–H groups in total. The van der Waals surface area contributed by atoms with Gasteiger partial charge in [0, 0.05) is 10.7 Å². The van der Waals surface area contributed by atoms with Gasteiger partial charge in [0.2, 0.25) is 0 Å². The summed E-state index contributed by atoms with van der Waals surface area (Å²) in [5, 5.41) is 3.94. The van der Waals surface area contributed by atoms with Crippen LogP contribution in [0.2, 0.25) is 5.02 Å². The van der Waals surface area contributed by atoms with Gasteiger partial charge < -0.3 is 4.74 Å². The molecule has 2 aromatic rings. The number of ether oxygens (including phenoxy) is 1. The standard InChI is InChI=1S/C12H10ClF3N2O/c1-7-5-11(12(14,15)16)17-18(7)9-6-8(13)3-4-10(9)19-2/h3-6H,1-2H3. The fourth-order valence-electron chi connectivity index (χ4n) is 1.69. The fraction of sp³-hybridized carbons (Fsp3) is 0.250. The maximum atomic E-state index is 12.6. The molecular weight excluding hydrogens is 281 g/mol. The molecule has 0 saturated heterocycles. The summed E-state index contributed by atoms with van der Waals surface area (Å²) in [7, 11) is 1.43. The molecule has 3 nitrogen and oxygen atoms in total. The summed E-state index contributed by atoms with van der Waals surface area (Å²) in [4.78, 5) is 0. The van der Waals surface area contributed by atoms with Crippen molar-refractivity contribution < 1.29 is 17.9 Å². The molecule has 19 heavy (non-hydrogen) atoms. The molecule has 0 aliphatic carbocycles. The molecule has 0 aliphatic heterocycles. The van der Waals surface area contributed by atoms with Crippen LogP contribution in [0, 0.1) is 6.92 Å². The van der Waals surface area contributed by atoms with Gasteiger partial charge in [0.1, 0.15) is 11.4 Å². The first-order valence-corrected chi connectivity index (χ1v) is 5.68. The second-order valence-corrected chi connectivity index (χ2v) is 4.33. The van der Waals surface area contributed by atoms with Crippen LogP contribution in [-0.4, -0.2) is 16.9 Å². The van der Waals surface area contributed by atoms with E-state index in [1.807, 2.05) is 0 Å². The van der Waals surface area contributed by atoms with Crippen molar-refractivity contribution in [2.24, 2.45) is 0 Å². The zero-order valence-electron chi connectivity index (χ0n) is 10.1. The molecule has 0 radical (unpaired) electrons. The lowest BCUT2D eigenvalue weighted by molar-refractivity contribution is -0.141. The van der Waals surface area contributed by atoms with Crippen LogP contribution in [0.5, 0.6) is 5.75 Å². The summed E-state index contributed by atoms with van der Waals surface area (Å²) in [6, 6.07) is 5.64. The third-order valence-corrected chi connectivity index (χ3v) is 2.78. The van der Waals surface area contributed by atoms with Gasteiger partial charge in [-0.05, 0) is 31.2 Å². The maximum Gasteiger partial charge on any atom is 0.435 e. The van der Waals surface area contributed by atoms with E-state index in [-0.39, 0.29) is 0 Å².